The number of imidazole rings is 1. The zero-order chi connectivity index (χ0) is 21.1. The van der Waals surface area contributed by atoms with Gasteiger partial charge in [-0.3, -0.25) is 9.20 Å². The van der Waals surface area contributed by atoms with Gasteiger partial charge in [0.05, 0.1) is 16.6 Å². The summed E-state index contributed by atoms with van der Waals surface area (Å²) in [6, 6.07) is 6.29. The minimum Gasteiger partial charge on any atom is -0.396 e. The minimum atomic E-state index is -0.0557. The number of benzene rings is 1. The highest BCUT2D eigenvalue weighted by Crippen LogP contribution is 2.26. The summed E-state index contributed by atoms with van der Waals surface area (Å²) in [5.41, 5.74) is 3.09. The number of hydrogen-bond donors (Lipinski definition) is 2. The molecule has 0 radical (unpaired) electrons. The van der Waals surface area contributed by atoms with Gasteiger partial charge in [-0.25, -0.2) is 4.98 Å². The molecule has 0 unspecified atom stereocenters. The van der Waals surface area contributed by atoms with E-state index in [0.717, 1.165) is 55.0 Å². The van der Waals surface area contributed by atoms with Crippen LogP contribution in [0.25, 0.3) is 16.0 Å². The van der Waals surface area contributed by atoms with E-state index in [0.29, 0.717) is 17.8 Å². The standard InChI is InChI=1S/C22H30N4O3S/c1-22(8-5-11-29-22)15-23-13-16-6-7-17-18(12-16)26-14-19(30-21(26)24-17)20(28)25(2)9-3-4-10-27/h6-7,12,14,23,27H,3-5,8-11,13,15H2,1-2H3/t22-/m0/s1. The van der Waals surface area contributed by atoms with E-state index < -0.39 is 0 Å². The van der Waals surface area contributed by atoms with Crippen molar-refractivity contribution < 1.29 is 14.6 Å². The molecule has 1 fully saturated rings. The second kappa shape index (κ2) is 9.01. The summed E-state index contributed by atoms with van der Waals surface area (Å²) in [4.78, 5) is 20.6. The number of carbonyl (C=O) groups excluding carboxylic acids is 1. The van der Waals surface area contributed by atoms with Crippen molar-refractivity contribution in [3.63, 3.8) is 0 Å². The van der Waals surface area contributed by atoms with E-state index in [9.17, 15) is 4.79 Å². The number of fused-ring (bicyclic) bond motifs is 3. The Balaban J connectivity index is 1.47. The zero-order valence-electron chi connectivity index (χ0n) is 17.7. The number of hydrogen-bond acceptors (Lipinski definition) is 6. The predicted octanol–water partition coefficient (Wildman–Crippen LogP) is 3.05. The lowest BCUT2D eigenvalue weighted by molar-refractivity contribution is 0.0207. The van der Waals surface area contributed by atoms with Gasteiger partial charge in [-0.15, -0.1) is 0 Å². The molecule has 1 atom stereocenters. The summed E-state index contributed by atoms with van der Waals surface area (Å²) in [5, 5.41) is 12.4. The third-order valence-corrected chi connectivity index (χ3v) is 6.73. The Bertz CT molecular complexity index is 1020. The molecule has 1 saturated heterocycles. The average molecular weight is 431 g/mol. The van der Waals surface area contributed by atoms with E-state index in [2.05, 4.69) is 29.4 Å². The van der Waals surface area contributed by atoms with Crippen LogP contribution in [0.15, 0.2) is 24.4 Å². The van der Waals surface area contributed by atoms with Gasteiger partial charge in [-0.2, -0.15) is 0 Å². The minimum absolute atomic E-state index is 0.000724. The molecule has 1 aliphatic heterocycles. The Morgan fingerprint density at radius 2 is 2.30 bits per heavy atom. The van der Waals surface area contributed by atoms with Crippen molar-refractivity contribution in [2.75, 3.05) is 33.4 Å². The Kier molecular flexibility index (Phi) is 6.38. The maximum Gasteiger partial charge on any atom is 0.265 e. The molecule has 0 bridgehead atoms. The molecular formula is C22H30N4O3S. The topological polar surface area (TPSA) is 79.1 Å². The smallest absolute Gasteiger partial charge is 0.265 e. The molecule has 0 spiro atoms. The van der Waals surface area contributed by atoms with Crippen LogP contribution in [0.1, 0.15) is 47.8 Å². The number of carbonyl (C=O) groups is 1. The van der Waals surface area contributed by atoms with E-state index in [1.807, 2.05) is 16.7 Å². The summed E-state index contributed by atoms with van der Waals surface area (Å²) in [7, 11) is 1.80. The molecule has 1 amide bonds. The Hall–Kier alpha value is -2.00. The summed E-state index contributed by atoms with van der Waals surface area (Å²) < 4.78 is 7.86. The number of amides is 1. The molecule has 8 heteroatoms. The Morgan fingerprint density at radius 3 is 3.07 bits per heavy atom. The number of nitrogens with one attached hydrogen (secondary N) is 1. The summed E-state index contributed by atoms with van der Waals surface area (Å²) >= 11 is 1.42. The molecule has 3 heterocycles. The van der Waals surface area contributed by atoms with E-state index in [1.54, 1.807) is 11.9 Å². The number of aromatic nitrogens is 2. The SMILES string of the molecule is CN(CCCCO)C(=O)c1cn2c(nc3ccc(CNC[C@]4(C)CCCO4)cc32)s1. The van der Waals surface area contributed by atoms with Crippen molar-refractivity contribution in [3.05, 3.63) is 34.8 Å². The van der Waals surface area contributed by atoms with Crippen LogP contribution in [-0.4, -0.2) is 64.3 Å². The molecule has 0 saturated carbocycles. The van der Waals surface area contributed by atoms with Crippen LogP contribution in [-0.2, 0) is 11.3 Å². The normalized spacial score (nSPS) is 19.2. The fourth-order valence-corrected chi connectivity index (χ4v) is 4.95. The molecular weight excluding hydrogens is 400 g/mol. The first-order chi connectivity index (χ1) is 14.5. The molecule has 30 heavy (non-hydrogen) atoms. The largest absolute Gasteiger partial charge is 0.396 e. The van der Waals surface area contributed by atoms with Crippen molar-refractivity contribution >= 4 is 33.2 Å². The zero-order valence-corrected chi connectivity index (χ0v) is 18.5. The highest BCUT2D eigenvalue weighted by atomic mass is 32.1. The van der Waals surface area contributed by atoms with E-state index >= 15 is 0 Å². The second-order valence-corrected chi connectivity index (χ2v) is 9.35. The molecule has 2 N–H and O–H groups in total. The Labute approximate surface area is 180 Å². The number of thiazole rings is 1. The van der Waals surface area contributed by atoms with Crippen molar-refractivity contribution in [1.29, 1.82) is 0 Å². The average Bonchev–Trinajstić information content (AvgIpc) is 3.42. The molecule has 2 aromatic heterocycles. The molecule has 162 valence electrons. The number of rotatable bonds is 9. The van der Waals surface area contributed by atoms with Crippen LogP contribution < -0.4 is 5.32 Å². The highest BCUT2D eigenvalue weighted by Gasteiger charge is 2.29. The number of unbranched alkanes of at least 4 members (excludes halogenated alkanes) is 1. The van der Waals surface area contributed by atoms with E-state index in [-0.39, 0.29) is 18.1 Å². The number of nitrogens with zero attached hydrogens (tertiary/aromatic N) is 3. The van der Waals surface area contributed by atoms with Crippen LogP contribution >= 0.6 is 11.3 Å². The van der Waals surface area contributed by atoms with Crippen LogP contribution in [0.3, 0.4) is 0 Å². The number of aliphatic hydroxyl groups is 1. The first-order valence-electron chi connectivity index (χ1n) is 10.6. The monoisotopic (exact) mass is 430 g/mol. The first-order valence-corrected chi connectivity index (χ1v) is 11.4. The van der Waals surface area contributed by atoms with Crippen LogP contribution in [0.5, 0.6) is 0 Å². The van der Waals surface area contributed by atoms with Gasteiger partial charge in [0.15, 0.2) is 4.96 Å². The lowest BCUT2D eigenvalue weighted by Crippen LogP contribution is -2.36. The summed E-state index contributed by atoms with van der Waals surface area (Å²) in [6.07, 6.45) is 5.63. The third-order valence-electron chi connectivity index (χ3n) is 5.76. The van der Waals surface area contributed by atoms with Crippen molar-refractivity contribution in [2.24, 2.45) is 0 Å². The molecule has 1 aliphatic rings. The van der Waals surface area contributed by atoms with Crippen LogP contribution in [0, 0.1) is 0 Å². The van der Waals surface area contributed by atoms with Crippen LogP contribution in [0.4, 0.5) is 0 Å². The van der Waals surface area contributed by atoms with Crippen molar-refractivity contribution in [1.82, 2.24) is 19.6 Å². The van der Waals surface area contributed by atoms with Crippen molar-refractivity contribution in [3.8, 4) is 0 Å². The molecule has 1 aromatic carbocycles. The molecule has 0 aliphatic carbocycles. The third kappa shape index (κ3) is 4.51. The second-order valence-electron chi connectivity index (χ2n) is 8.35. The lowest BCUT2D eigenvalue weighted by Gasteiger charge is -2.23. The van der Waals surface area contributed by atoms with Gasteiger partial charge < -0.3 is 20.1 Å². The Morgan fingerprint density at radius 1 is 1.43 bits per heavy atom. The summed E-state index contributed by atoms with van der Waals surface area (Å²) in [6.45, 7) is 5.43. The van der Waals surface area contributed by atoms with Crippen molar-refractivity contribution in [2.45, 2.75) is 44.8 Å². The fourth-order valence-electron chi connectivity index (χ4n) is 3.96. The molecule has 7 nitrogen and oxygen atoms in total. The van der Waals surface area contributed by atoms with Gasteiger partial charge in [0.2, 0.25) is 0 Å². The predicted molar refractivity (Wildman–Crippen MR) is 119 cm³/mol. The number of ether oxygens (including phenoxy) is 1. The quantitative estimate of drug-likeness (QED) is 0.510. The summed E-state index contributed by atoms with van der Waals surface area (Å²) in [5.74, 6) is -0.000724. The van der Waals surface area contributed by atoms with E-state index in [1.165, 1.54) is 16.9 Å². The van der Waals surface area contributed by atoms with Gasteiger partial charge in [0.25, 0.3) is 5.91 Å². The highest BCUT2D eigenvalue weighted by molar-refractivity contribution is 7.18. The molecule has 4 rings (SSSR count). The maximum atomic E-state index is 12.7. The van der Waals surface area contributed by atoms with Gasteiger partial charge in [-0.1, -0.05) is 17.4 Å². The van der Waals surface area contributed by atoms with Gasteiger partial charge in [-0.05, 0) is 50.3 Å². The maximum absolute atomic E-state index is 12.7. The van der Waals surface area contributed by atoms with Gasteiger partial charge >= 0.3 is 0 Å². The number of aliphatic hydroxyl groups excluding tert-OH is 1. The van der Waals surface area contributed by atoms with Gasteiger partial charge in [0, 0.05) is 46.1 Å². The fraction of sp³-hybridized carbons (Fsp3) is 0.545. The van der Waals surface area contributed by atoms with Crippen LogP contribution in [0.2, 0.25) is 0 Å². The van der Waals surface area contributed by atoms with E-state index in [4.69, 9.17) is 9.84 Å². The lowest BCUT2D eigenvalue weighted by atomic mass is 10.0. The first kappa shape index (κ1) is 21.2. The van der Waals surface area contributed by atoms with Gasteiger partial charge in [0.1, 0.15) is 4.88 Å². The molecule has 3 aromatic rings.